The lowest BCUT2D eigenvalue weighted by atomic mass is 9.95. The molecule has 0 unspecified atom stereocenters. The summed E-state index contributed by atoms with van der Waals surface area (Å²) in [7, 11) is 0. The van der Waals surface area contributed by atoms with Crippen LogP contribution in [0.2, 0.25) is 0 Å². The lowest BCUT2D eigenvalue weighted by Gasteiger charge is -2.31. The number of rotatable bonds is 8. The van der Waals surface area contributed by atoms with Gasteiger partial charge in [0.2, 0.25) is 0 Å². The maximum absolute atomic E-state index is 5.83. The van der Waals surface area contributed by atoms with Crippen molar-refractivity contribution in [2.75, 3.05) is 25.4 Å². The van der Waals surface area contributed by atoms with Crippen LogP contribution in [0.5, 0.6) is 0 Å². The summed E-state index contributed by atoms with van der Waals surface area (Å²) >= 11 is 1.80. The van der Waals surface area contributed by atoms with Gasteiger partial charge in [-0.1, -0.05) is 48.2 Å². The number of benzene rings is 1. The molecule has 168 valence electrons. The molecule has 6 nitrogen and oxygen atoms in total. The van der Waals surface area contributed by atoms with Crippen molar-refractivity contribution >= 4 is 11.8 Å². The standard InChI is InChI=1S/C25H31N5OS/c1-2-6-20(7-3-1)18-30-24(27-28-25(30)32-19-23-9-5-15-31-23)22-10-13-29(14-11-22)17-21-8-4-12-26-16-21/h1-4,6-8,12,16,22-23H,5,9-11,13-15,17-19H2/t23-/m0/s1. The topological polar surface area (TPSA) is 56.1 Å². The fourth-order valence-corrected chi connectivity index (χ4v) is 5.68. The molecule has 2 aliphatic rings. The molecule has 7 heteroatoms. The van der Waals surface area contributed by atoms with E-state index in [9.17, 15) is 0 Å². The lowest BCUT2D eigenvalue weighted by Crippen LogP contribution is -2.33. The number of thioether (sulfide) groups is 1. The molecule has 2 saturated heterocycles. The minimum Gasteiger partial charge on any atom is -0.377 e. The Morgan fingerprint density at radius 3 is 2.53 bits per heavy atom. The second-order valence-corrected chi connectivity index (χ2v) is 9.76. The smallest absolute Gasteiger partial charge is 0.191 e. The van der Waals surface area contributed by atoms with Crippen LogP contribution in [0.3, 0.4) is 0 Å². The van der Waals surface area contributed by atoms with Gasteiger partial charge in [-0.2, -0.15) is 0 Å². The molecule has 32 heavy (non-hydrogen) atoms. The van der Waals surface area contributed by atoms with E-state index in [1.165, 1.54) is 17.5 Å². The van der Waals surface area contributed by atoms with E-state index >= 15 is 0 Å². The highest BCUT2D eigenvalue weighted by atomic mass is 32.2. The molecule has 0 radical (unpaired) electrons. The molecule has 3 aromatic rings. The maximum Gasteiger partial charge on any atom is 0.191 e. The summed E-state index contributed by atoms with van der Waals surface area (Å²) in [5.74, 6) is 2.55. The van der Waals surface area contributed by atoms with Gasteiger partial charge in [-0.15, -0.1) is 10.2 Å². The van der Waals surface area contributed by atoms with Gasteiger partial charge in [-0.25, -0.2) is 0 Å². The Balaban J connectivity index is 1.28. The third kappa shape index (κ3) is 5.39. The van der Waals surface area contributed by atoms with Crippen molar-refractivity contribution in [1.29, 1.82) is 0 Å². The molecular weight excluding hydrogens is 418 g/mol. The number of likely N-dealkylation sites (tertiary alicyclic amines) is 1. The fourth-order valence-electron chi connectivity index (χ4n) is 4.67. The highest BCUT2D eigenvalue weighted by molar-refractivity contribution is 7.99. The average molecular weight is 450 g/mol. The molecule has 2 fully saturated rings. The first-order valence-corrected chi connectivity index (χ1v) is 12.7. The van der Waals surface area contributed by atoms with Crippen LogP contribution in [-0.4, -0.2) is 56.2 Å². The van der Waals surface area contributed by atoms with Crippen LogP contribution in [0.25, 0.3) is 0 Å². The van der Waals surface area contributed by atoms with Crippen molar-refractivity contribution in [2.45, 2.75) is 56.0 Å². The quantitative estimate of drug-likeness (QED) is 0.476. The second kappa shape index (κ2) is 10.6. The molecule has 2 aliphatic heterocycles. The first kappa shape index (κ1) is 21.6. The van der Waals surface area contributed by atoms with Crippen molar-refractivity contribution in [3.8, 4) is 0 Å². The molecular formula is C25H31N5OS. The molecule has 1 atom stereocenters. The SMILES string of the molecule is c1ccc(Cn2c(SC[C@@H]3CCCO3)nnc2C2CCN(Cc3cccnc3)CC2)cc1. The van der Waals surface area contributed by atoms with Gasteiger partial charge in [0.05, 0.1) is 12.6 Å². The van der Waals surface area contributed by atoms with Crippen LogP contribution < -0.4 is 0 Å². The molecule has 0 saturated carbocycles. The third-order valence-corrected chi connectivity index (χ3v) is 7.53. The van der Waals surface area contributed by atoms with Crippen molar-refractivity contribution < 1.29 is 4.74 Å². The fraction of sp³-hybridized carbons (Fsp3) is 0.480. The zero-order valence-corrected chi connectivity index (χ0v) is 19.3. The Morgan fingerprint density at radius 1 is 0.938 bits per heavy atom. The Labute approximate surface area is 194 Å². The van der Waals surface area contributed by atoms with E-state index in [-0.39, 0.29) is 0 Å². The molecule has 0 aliphatic carbocycles. The van der Waals surface area contributed by atoms with Gasteiger partial charge in [0, 0.05) is 37.2 Å². The van der Waals surface area contributed by atoms with Crippen LogP contribution in [-0.2, 0) is 17.8 Å². The zero-order valence-electron chi connectivity index (χ0n) is 18.5. The molecule has 2 aromatic heterocycles. The van der Waals surface area contributed by atoms with E-state index in [0.29, 0.717) is 12.0 Å². The summed E-state index contributed by atoms with van der Waals surface area (Å²) in [5, 5.41) is 10.4. The lowest BCUT2D eigenvalue weighted by molar-refractivity contribution is 0.129. The van der Waals surface area contributed by atoms with E-state index in [1.54, 1.807) is 11.8 Å². The molecule has 5 rings (SSSR count). The largest absolute Gasteiger partial charge is 0.377 e. The summed E-state index contributed by atoms with van der Waals surface area (Å²) < 4.78 is 8.19. The first-order valence-electron chi connectivity index (χ1n) is 11.7. The minimum atomic E-state index is 0.348. The van der Waals surface area contributed by atoms with Gasteiger partial charge in [-0.3, -0.25) is 9.88 Å². The first-order chi connectivity index (χ1) is 15.8. The van der Waals surface area contributed by atoms with Crippen LogP contribution in [0, 0.1) is 0 Å². The van der Waals surface area contributed by atoms with Gasteiger partial charge >= 0.3 is 0 Å². The summed E-state index contributed by atoms with van der Waals surface area (Å²) in [6.45, 7) is 4.85. The maximum atomic E-state index is 5.83. The van der Waals surface area contributed by atoms with Gasteiger partial charge in [0.15, 0.2) is 5.16 Å². The normalized spacial score (nSPS) is 20.1. The van der Waals surface area contributed by atoms with Crippen LogP contribution >= 0.6 is 11.8 Å². The Bertz CT molecular complexity index is 967. The van der Waals surface area contributed by atoms with Crippen LogP contribution in [0.4, 0.5) is 0 Å². The monoisotopic (exact) mass is 449 g/mol. The molecule has 0 amide bonds. The Morgan fingerprint density at radius 2 is 1.78 bits per heavy atom. The minimum absolute atomic E-state index is 0.348. The van der Waals surface area contributed by atoms with Crippen molar-refractivity contribution in [1.82, 2.24) is 24.6 Å². The Hall–Kier alpha value is -2.22. The highest BCUT2D eigenvalue weighted by Gasteiger charge is 2.27. The number of hydrogen-bond acceptors (Lipinski definition) is 6. The van der Waals surface area contributed by atoms with E-state index in [2.05, 4.69) is 55.9 Å². The molecule has 0 bridgehead atoms. The summed E-state index contributed by atoms with van der Waals surface area (Å²) in [6, 6.07) is 14.8. The van der Waals surface area contributed by atoms with E-state index in [0.717, 1.165) is 68.8 Å². The molecule has 4 heterocycles. The molecule has 0 N–H and O–H groups in total. The third-order valence-electron chi connectivity index (χ3n) is 6.43. The van der Waals surface area contributed by atoms with Gasteiger partial charge in [0.25, 0.3) is 0 Å². The number of aromatic nitrogens is 4. The van der Waals surface area contributed by atoms with Crippen molar-refractivity contribution in [2.24, 2.45) is 0 Å². The van der Waals surface area contributed by atoms with Gasteiger partial charge in [0.1, 0.15) is 5.82 Å². The Kier molecular flexibility index (Phi) is 7.16. The number of nitrogens with zero attached hydrogens (tertiary/aromatic N) is 5. The predicted octanol–water partition coefficient (Wildman–Crippen LogP) is 4.37. The summed E-state index contributed by atoms with van der Waals surface area (Å²) in [5.41, 5.74) is 2.58. The van der Waals surface area contributed by atoms with Gasteiger partial charge in [-0.05, 0) is 56.0 Å². The van der Waals surface area contributed by atoms with Gasteiger partial charge < -0.3 is 9.30 Å². The van der Waals surface area contributed by atoms with Crippen molar-refractivity contribution in [3.63, 3.8) is 0 Å². The zero-order chi connectivity index (χ0) is 21.6. The summed E-state index contributed by atoms with van der Waals surface area (Å²) in [4.78, 5) is 6.78. The number of pyridine rings is 1. The number of ether oxygens (including phenoxy) is 1. The van der Waals surface area contributed by atoms with Crippen molar-refractivity contribution in [3.05, 3.63) is 71.8 Å². The average Bonchev–Trinajstić information content (AvgIpc) is 3.50. The van der Waals surface area contributed by atoms with E-state index in [1.807, 2.05) is 18.5 Å². The number of hydrogen-bond donors (Lipinski definition) is 0. The highest BCUT2D eigenvalue weighted by Crippen LogP contribution is 2.31. The van der Waals surface area contributed by atoms with Crippen LogP contribution in [0.15, 0.2) is 60.0 Å². The predicted molar refractivity (Wildman–Crippen MR) is 127 cm³/mol. The second-order valence-electron chi connectivity index (χ2n) is 8.77. The number of piperidine rings is 1. The van der Waals surface area contributed by atoms with E-state index in [4.69, 9.17) is 9.84 Å². The van der Waals surface area contributed by atoms with E-state index < -0.39 is 0 Å². The summed E-state index contributed by atoms with van der Waals surface area (Å²) in [6.07, 6.45) is 8.71. The van der Waals surface area contributed by atoms with Crippen LogP contribution in [0.1, 0.15) is 48.6 Å². The molecule has 1 aromatic carbocycles. The molecule has 0 spiro atoms.